The molecule has 1 saturated heterocycles. The Labute approximate surface area is 267 Å². The van der Waals surface area contributed by atoms with Crippen LogP contribution in [0.2, 0.25) is 0 Å². The van der Waals surface area contributed by atoms with E-state index in [1.165, 1.54) is 5.56 Å². The predicted molar refractivity (Wildman–Crippen MR) is 178 cm³/mol. The van der Waals surface area contributed by atoms with Gasteiger partial charge in [-0.1, -0.05) is 31.2 Å². The summed E-state index contributed by atoms with van der Waals surface area (Å²) < 4.78 is 43.2. The Kier molecular flexibility index (Phi) is 11.1. The standard InChI is InChI=1S/C36H44N2O6S/c1-4-16-42-19-20-44-33-10-11-34(26(2)22-33)28-7-12-35-30(23-28)24-29(15-21-45(35,40)41)36(39)37-31-8-5-27(6-9-31)25-38(3)32-13-17-43-18-14-32/h5-12,22-24,32H,4,13-21,25H2,1-3H3,(H,37,39). The van der Waals surface area contributed by atoms with E-state index in [-0.39, 0.29) is 23.0 Å². The van der Waals surface area contributed by atoms with Gasteiger partial charge in [-0.15, -0.1) is 0 Å². The molecule has 0 aromatic heterocycles. The molecule has 0 bridgehead atoms. The second-order valence-corrected chi connectivity index (χ2v) is 13.9. The number of ether oxygens (including phenoxy) is 3. The Bertz CT molecular complexity index is 1610. The smallest absolute Gasteiger partial charge is 0.251 e. The van der Waals surface area contributed by atoms with Crippen molar-refractivity contribution in [2.24, 2.45) is 0 Å². The first-order valence-corrected chi connectivity index (χ1v) is 17.5. The van der Waals surface area contributed by atoms with Gasteiger partial charge in [0.25, 0.3) is 5.91 Å². The van der Waals surface area contributed by atoms with Crippen molar-refractivity contribution in [1.82, 2.24) is 4.90 Å². The van der Waals surface area contributed by atoms with Gasteiger partial charge >= 0.3 is 0 Å². The SMILES string of the molecule is CCCOCCOc1ccc(-c2ccc3c(c2)C=C(C(=O)Nc2ccc(CN(C)C4CCOCC4)cc2)CCS3(=O)=O)c(C)c1. The van der Waals surface area contributed by atoms with Crippen LogP contribution < -0.4 is 10.1 Å². The molecule has 2 aliphatic rings. The number of benzene rings is 3. The van der Waals surface area contributed by atoms with Gasteiger partial charge in [-0.25, -0.2) is 8.42 Å². The van der Waals surface area contributed by atoms with Crippen LogP contribution in [0.3, 0.4) is 0 Å². The lowest BCUT2D eigenvalue weighted by atomic mass is 9.97. The number of nitrogens with one attached hydrogen (secondary N) is 1. The summed E-state index contributed by atoms with van der Waals surface area (Å²) in [5.74, 6) is 0.339. The molecule has 240 valence electrons. The fourth-order valence-electron chi connectivity index (χ4n) is 5.87. The zero-order chi connectivity index (χ0) is 31.8. The number of hydrogen-bond acceptors (Lipinski definition) is 7. The van der Waals surface area contributed by atoms with Crippen molar-refractivity contribution in [3.63, 3.8) is 0 Å². The highest BCUT2D eigenvalue weighted by Crippen LogP contribution is 2.33. The first-order valence-electron chi connectivity index (χ1n) is 15.8. The Hall–Kier alpha value is -3.50. The van der Waals surface area contributed by atoms with E-state index < -0.39 is 9.84 Å². The summed E-state index contributed by atoms with van der Waals surface area (Å²) in [6, 6.07) is 19.6. The van der Waals surface area contributed by atoms with Crippen LogP contribution in [0, 0.1) is 6.92 Å². The maximum atomic E-state index is 13.4. The van der Waals surface area contributed by atoms with Gasteiger partial charge in [0, 0.05) is 43.7 Å². The zero-order valence-electron chi connectivity index (χ0n) is 26.5. The van der Waals surface area contributed by atoms with Gasteiger partial charge in [-0.2, -0.15) is 0 Å². The van der Waals surface area contributed by atoms with Gasteiger partial charge in [0.1, 0.15) is 12.4 Å². The van der Waals surface area contributed by atoms with Crippen LogP contribution in [0.15, 0.2) is 71.1 Å². The molecular formula is C36H44N2O6S. The normalized spacial score (nSPS) is 16.5. The summed E-state index contributed by atoms with van der Waals surface area (Å²) >= 11 is 0. The van der Waals surface area contributed by atoms with Crippen LogP contribution in [0.1, 0.15) is 49.3 Å². The van der Waals surface area contributed by atoms with Crippen molar-refractivity contribution in [2.45, 2.75) is 57.0 Å². The third-order valence-electron chi connectivity index (χ3n) is 8.42. The minimum Gasteiger partial charge on any atom is -0.491 e. The second kappa shape index (κ2) is 15.2. The van der Waals surface area contributed by atoms with Crippen molar-refractivity contribution < 1.29 is 27.4 Å². The number of amides is 1. The summed E-state index contributed by atoms with van der Waals surface area (Å²) in [6.07, 6.45) is 4.91. The van der Waals surface area contributed by atoms with Crippen LogP contribution >= 0.6 is 0 Å². The molecule has 1 fully saturated rings. The number of sulfone groups is 1. The zero-order valence-corrected chi connectivity index (χ0v) is 27.3. The number of carbonyl (C=O) groups excluding carboxylic acids is 1. The lowest BCUT2D eigenvalue weighted by Gasteiger charge is -2.31. The van der Waals surface area contributed by atoms with Gasteiger partial charge in [0.2, 0.25) is 0 Å². The Morgan fingerprint density at radius 1 is 1.00 bits per heavy atom. The molecule has 0 atom stereocenters. The average molecular weight is 633 g/mol. The molecule has 0 radical (unpaired) electrons. The molecule has 3 aromatic carbocycles. The van der Waals surface area contributed by atoms with E-state index in [1.807, 2.05) is 61.5 Å². The van der Waals surface area contributed by atoms with Crippen LogP contribution in [-0.4, -0.2) is 71.1 Å². The molecule has 1 amide bonds. The van der Waals surface area contributed by atoms with E-state index in [4.69, 9.17) is 14.2 Å². The third kappa shape index (κ3) is 8.61. The van der Waals surface area contributed by atoms with Gasteiger partial charge in [0.05, 0.1) is 17.3 Å². The number of aryl methyl sites for hydroxylation is 1. The van der Waals surface area contributed by atoms with E-state index in [1.54, 1.807) is 12.1 Å². The Morgan fingerprint density at radius 2 is 1.78 bits per heavy atom. The highest BCUT2D eigenvalue weighted by molar-refractivity contribution is 7.91. The lowest BCUT2D eigenvalue weighted by molar-refractivity contribution is -0.112. The number of carbonyl (C=O) groups is 1. The van der Waals surface area contributed by atoms with E-state index >= 15 is 0 Å². The number of fused-ring (bicyclic) bond motifs is 1. The first kappa shape index (κ1) is 32.9. The summed E-state index contributed by atoms with van der Waals surface area (Å²) in [4.78, 5) is 16.0. The molecule has 0 spiro atoms. The molecule has 45 heavy (non-hydrogen) atoms. The fraction of sp³-hybridized carbons (Fsp3) is 0.417. The van der Waals surface area contributed by atoms with Crippen molar-refractivity contribution in [3.8, 4) is 16.9 Å². The van der Waals surface area contributed by atoms with E-state index in [0.29, 0.717) is 36.1 Å². The summed E-state index contributed by atoms with van der Waals surface area (Å²) in [7, 11) is -1.42. The maximum absolute atomic E-state index is 13.4. The highest BCUT2D eigenvalue weighted by Gasteiger charge is 2.25. The monoisotopic (exact) mass is 632 g/mol. The van der Waals surface area contributed by atoms with Crippen molar-refractivity contribution >= 4 is 27.5 Å². The predicted octanol–water partition coefficient (Wildman–Crippen LogP) is 6.28. The third-order valence-corrected chi connectivity index (χ3v) is 10.2. The highest BCUT2D eigenvalue weighted by atomic mass is 32.2. The largest absolute Gasteiger partial charge is 0.491 e. The number of rotatable bonds is 12. The maximum Gasteiger partial charge on any atom is 0.251 e. The molecule has 8 nitrogen and oxygen atoms in total. The van der Waals surface area contributed by atoms with E-state index in [0.717, 1.165) is 68.1 Å². The number of nitrogens with zero attached hydrogens (tertiary/aromatic N) is 1. The summed E-state index contributed by atoms with van der Waals surface area (Å²) in [6.45, 7) is 8.24. The molecule has 0 aliphatic carbocycles. The van der Waals surface area contributed by atoms with Gasteiger partial charge in [-0.05, 0) is 110 Å². The number of anilines is 1. The molecule has 1 N–H and O–H groups in total. The lowest BCUT2D eigenvalue weighted by Crippen LogP contribution is -2.36. The van der Waals surface area contributed by atoms with Crippen LogP contribution in [-0.2, 0) is 30.7 Å². The summed E-state index contributed by atoms with van der Waals surface area (Å²) in [5, 5.41) is 2.98. The summed E-state index contributed by atoms with van der Waals surface area (Å²) in [5.41, 5.74) is 5.64. The number of hydrogen-bond donors (Lipinski definition) is 1. The minimum atomic E-state index is -3.55. The molecule has 3 aromatic rings. The fourth-order valence-corrected chi connectivity index (χ4v) is 7.33. The van der Waals surface area contributed by atoms with Gasteiger partial charge in [0.15, 0.2) is 9.84 Å². The molecule has 0 saturated carbocycles. The van der Waals surface area contributed by atoms with Crippen molar-refractivity contribution in [1.29, 1.82) is 0 Å². The molecule has 2 aliphatic heterocycles. The molecule has 5 rings (SSSR count). The average Bonchev–Trinajstić information content (AvgIpc) is 3.17. The topological polar surface area (TPSA) is 94.2 Å². The van der Waals surface area contributed by atoms with Crippen molar-refractivity contribution in [2.75, 3.05) is 51.2 Å². The molecule has 2 heterocycles. The quantitative estimate of drug-likeness (QED) is 0.235. The van der Waals surface area contributed by atoms with Gasteiger partial charge in [-0.3, -0.25) is 9.69 Å². The first-order chi connectivity index (χ1) is 21.7. The molecule has 0 unspecified atom stereocenters. The van der Waals surface area contributed by atoms with Crippen LogP contribution in [0.25, 0.3) is 17.2 Å². The Balaban J connectivity index is 1.29. The van der Waals surface area contributed by atoms with E-state index in [9.17, 15) is 13.2 Å². The van der Waals surface area contributed by atoms with Gasteiger partial charge < -0.3 is 19.5 Å². The van der Waals surface area contributed by atoms with Crippen LogP contribution in [0.4, 0.5) is 5.69 Å². The minimum absolute atomic E-state index is 0.122. The molecular weight excluding hydrogens is 588 g/mol. The molecule has 9 heteroatoms. The van der Waals surface area contributed by atoms with E-state index in [2.05, 4.69) is 24.2 Å². The van der Waals surface area contributed by atoms with Crippen molar-refractivity contribution in [3.05, 3.63) is 82.9 Å². The Morgan fingerprint density at radius 3 is 2.51 bits per heavy atom. The second-order valence-electron chi connectivity index (χ2n) is 11.8. The van der Waals surface area contributed by atoms with Crippen LogP contribution in [0.5, 0.6) is 5.75 Å².